The van der Waals surface area contributed by atoms with Gasteiger partial charge in [0.15, 0.2) is 0 Å². The molecule has 2 N–H and O–H groups in total. The number of rotatable bonds is 4. The van der Waals surface area contributed by atoms with Gasteiger partial charge in [-0.3, -0.25) is 4.79 Å². The van der Waals surface area contributed by atoms with Gasteiger partial charge in [0.2, 0.25) is 0 Å². The molecule has 0 spiro atoms. The second-order valence-corrected chi connectivity index (χ2v) is 3.29. The second-order valence-electron chi connectivity index (χ2n) is 3.29. The molecule has 0 unspecified atom stereocenters. The lowest BCUT2D eigenvalue weighted by molar-refractivity contribution is -0.143. The van der Waals surface area contributed by atoms with E-state index in [0.717, 1.165) is 0 Å². The van der Waals surface area contributed by atoms with E-state index < -0.39 is 0 Å². The molecule has 0 saturated carbocycles. The molecule has 0 saturated heterocycles. The van der Waals surface area contributed by atoms with Crippen LogP contribution in [0.25, 0.3) is 0 Å². The van der Waals surface area contributed by atoms with Gasteiger partial charge in [0.25, 0.3) is 0 Å². The van der Waals surface area contributed by atoms with Crippen molar-refractivity contribution in [2.24, 2.45) is 5.73 Å². The van der Waals surface area contributed by atoms with E-state index in [2.05, 4.69) is 0 Å². The summed E-state index contributed by atoms with van der Waals surface area (Å²) in [7, 11) is 0. The molecule has 0 fully saturated rings. The van der Waals surface area contributed by atoms with Crippen LogP contribution in [0.1, 0.15) is 33.6 Å². The Kier molecular flexibility index (Phi) is 7.44. The predicted molar refractivity (Wildman–Crippen MR) is 51.4 cm³/mol. The van der Waals surface area contributed by atoms with E-state index in [0.29, 0.717) is 19.4 Å². The Morgan fingerprint density at radius 3 is 2.33 bits per heavy atom. The van der Waals surface area contributed by atoms with Crippen LogP contribution >= 0.6 is 12.4 Å². The van der Waals surface area contributed by atoms with Crippen molar-refractivity contribution in [1.29, 1.82) is 0 Å². The van der Waals surface area contributed by atoms with Crippen LogP contribution in [0.4, 0.5) is 0 Å². The fraction of sp³-hybridized carbons (Fsp3) is 0.875. The summed E-state index contributed by atoms with van der Waals surface area (Å²) in [6, 6.07) is 0. The molecule has 4 heteroatoms. The second kappa shape index (κ2) is 6.26. The third-order valence-corrected chi connectivity index (χ3v) is 1.28. The molecule has 0 aliphatic carbocycles. The highest BCUT2D eigenvalue weighted by molar-refractivity contribution is 5.85. The van der Waals surface area contributed by atoms with Crippen molar-refractivity contribution < 1.29 is 9.53 Å². The molecule has 0 rings (SSSR count). The first-order valence-corrected chi connectivity index (χ1v) is 3.90. The van der Waals surface area contributed by atoms with E-state index in [1.807, 2.05) is 13.8 Å². The molecule has 0 radical (unpaired) electrons. The van der Waals surface area contributed by atoms with E-state index in [1.165, 1.54) is 0 Å². The van der Waals surface area contributed by atoms with Gasteiger partial charge < -0.3 is 10.5 Å². The van der Waals surface area contributed by atoms with Gasteiger partial charge in [-0.1, -0.05) is 0 Å². The highest BCUT2D eigenvalue weighted by Gasteiger charge is 2.13. The van der Waals surface area contributed by atoms with Gasteiger partial charge in [-0.2, -0.15) is 0 Å². The van der Waals surface area contributed by atoms with Crippen LogP contribution in [0.5, 0.6) is 0 Å². The van der Waals surface area contributed by atoms with Gasteiger partial charge >= 0.3 is 5.97 Å². The lowest BCUT2D eigenvalue weighted by atomic mass is 10.0. The molecule has 0 aromatic rings. The molecule has 0 atom stereocenters. The number of hydrogen-bond acceptors (Lipinski definition) is 3. The van der Waals surface area contributed by atoms with Crippen LogP contribution in [-0.2, 0) is 9.53 Å². The van der Waals surface area contributed by atoms with E-state index in [1.54, 1.807) is 6.92 Å². The molecule has 3 nitrogen and oxygen atoms in total. The minimum absolute atomic E-state index is 0. The summed E-state index contributed by atoms with van der Waals surface area (Å²) in [6.45, 7) is 6.04. The van der Waals surface area contributed by atoms with Crippen LogP contribution < -0.4 is 5.73 Å². The minimum Gasteiger partial charge on any atom is -0.466 e. The number of hydrogen-bond donors (Lipinski definition) is 1. The van der Waals surface area contributed by atoms with Crippen molar-refractivity contribution in [2.75, 3.05) is 6.61 Å². The van der Waals surface area contributed by atoms with Gasteiger partial charge in [0.05, 0.1) is 6.61 Å². The molecule has 0 heterocycles. The normalized spacial score (nSPS) is 10.3. The Morgan fingerprint density at radius 1 is 1.50 bits per heavy atom. The van der Waals surface area contributed by atoms with Crippen LogP contribution in [0, 0.1) is 0 Å². The van der Waals surface area contributed by atoms with E-state index >= 15 is 0 Å². The first-order valence-electron chi connectivity index (χ1n) is 3.90. The van der Waals surface area contributed by atoms with Crippen LogP contribution in [0.3, 0.4) is 0 Å². The average Bonchev–Trinajstić information content (AvgIpc) is 1.83. The lowest BCUT2D eigenvalue weighted by Crippen LogP contribution is -2.32. The number of halogens is 1. The standard InChI is InChI=1S/C8H17NO2.ClH/c1-4-11-7(10)5-6-8(2,3)9;/h4-6,9H2,1-3H3;1H. The fourth-order valence-electron chi connectivity index (χ4n) is 0.657. The topological polar surface area (TPSA) is 52.3 Å². The van der Waals surface area contributed by atoms with Crippen LogP contribution in [0.2, 0.25) is 0 Å². The Balaban J connectivity index is 0. The molecule has 0 aromatic heterocycles. The summed E-state index contributed by atoms with van der Waals surface area (Å²) in [4.78, 5) is 10.8. The molecule has 74 valence electrons. The zero-order valence-electron chi connectivity index (χ0n) is 7.92. The van der Waals surface area contributed by atoms with Crippen LogP contribution in [0.15, 0.2) is 0 Å². The fourth-order valence-corrected chi connectivity index (χ4v) is 0.657. The van der Waals surface area contributed by atoms with E-state index in [4.69, 9.17) is 10.5 Å². The lowest BCUT2D eigenvalue weighted by Gasteiger charge is -2.16. The molecular formula is C8H18ClNO2. The Morgan fingerprint density at radius 2 is 2.00 bits per heavy atom. The van der Waals surface area contributed by atoms with Crippen molar-refractivity contribution >= 4 is 18.4 Å². The number of carbonyl (C=O) groups is 1. The zero-order chi connectivity index (χ0) is 8.91. The van der Waals surface area contributed by atoms with Gasteiger partial charge in [0.1, 0.15) is 0 Å². The third-order valence-electron chi connectivity index (χ3n) is 1.28. The number of nitrogens with two attached hydrogens (primary N) is 1. The van der Waals surface area contributed by atoms with E-state index in [9.17, 15) is 4.79 Å². The van der Waals surface area contributed by atoms with Crippen molar-refractivity contribution in [3.05, 3.63) is 0 Å². The smallest absolute Gasteiger partial charge is 0.305 e. The Bertz CT molecular complexity index is 132. The van der Waals surface area contributed by atoms with Gasteiger partial charge in [-0.15, -0.1) is 12.4 Å². The van der Waals surface area contributed by atoms with Crippen molar-refractivity contribution in [3.63, 3.8) is 0 Å². The maximum absolute atomic E-state index is 10.8. The highest BCUT2D eigenvalue weighted by Crippen LogP contribution is 2.07. The van der Waals surface area contributed by atoms with Crippen molar-refractivity contribution in [3.8, 4) is 0 Å². The summed E-state index contributed by atoms with van der Waals surface area (Å²) in [6.07, 6.45) is 1.09. The summed E-state index contributed by atoms with van der Waals surface area (Å²) in [5.41, 5.74) is 5.40. The monoisotopic (exact) mass is 195 g/mol. The number of ether oxygens (including phenoxy) is 1. The quantitative estimate of drug-likeness (QED) is 0.692. The summed E-state index contributed by atoms with van der Waals surface area (Å²) < 4.78 is 4.74. The first kappa shape index (κ1) is 14.3. The molecule has 0 bridgehead atoms. The predicted octanol–water partition coefficient (Wildman–Crippen LogP) is 1.49. The number of carbonyl (C=O) groups excluding carboxylic acids is 1. The molecule has 0 amide bonds. The summed E-state index contributed by atoms with van der Waals surface area (Å²) in [5, 5.41) is 0. The molecule has 12 heavy (non-hydrogen) atoms. The summed E-state index contributed by atoms with van der Waals surface area (Å²) in [5.74, 6) is -0.161. The maximum Gasteiger partial charge on any atom is 0.305 e. The van der Waals surface area contributed by atoms with Gasteiger partial charge in [-0.25, -0.2) is 0 Å². The van der Waals surface area contributed by atoms with Gasteiger partial charge in [0, 0.05) is 12.0 Å². The molecule has 0 aliphatic rings. The minimum atomic E-state index is -0.271. The molecule has 0 aliphatic heterocycles. The third kappa shape index (κ3) is 9.72. The van der Waals surface area contributed by atoms with Crippen molar-refractivity contribution in [1.82, 2.24) is 0 Å². The molecular weight excluding hydrogens is 178 g/mol. The Labute approximate surface area is 80.1 Å². The van der Waals surface area contributed by atoms with Crippen LogP contribution in [-0.4, -0.2) is 18.1 Å². The molecule has 0 aromatic carbocycles. The highest BCUT2D eigenvalue weighted by atomic mass is 35.5. The Hall–Kier alpha value is -0.280. The zero-order valence-corrected chi connectivity index (χ0v) is 8.74. The first-order chi connectivity index (χ1) is 4.95. The SMILES string of the molecule is CCOC(=O)CCC(C)(C)N.Cl. The average molecular weight is 196 g/mol. The van der Waals surface area contributed by atoms with Gasteiger partial charge in [-0.05, 0) is 27.2 Å². The maximum atomic E-state index is 10.8. The largest absolute Gasteiger partial charge is 0.466 e. The number of esters is 1. The summed E-state index contributed by atoms with van der Waals surface area (Å²) >= 11 is 0. The van der Waals surface area contributed by atoms with Crippen molar-refractivity contribution in [2.45, 2.75) is 39.2 Å². The van der Waals surface area contributed by atoms with E-state index in [-0.39, 0.29) is 23.9 Å².